The van der Waals surface area contributed by atoms with Gasteiger partial charge in [-0.1, -0.05) is 85.3 Å². The van der Waals surface area contributed by atoms with Gasteiger partial charge in [0.05, 0.1) is 18.6 Å². The van der Waals surface area contributed by atoms with E-state index >= 15 is 0 Å². The minimum absolute atomic E-state index is 0.00673. The molecule has 4 aromatic rings. The van der Waals surface area contributed by atoms with Gasteiger partial charge < -0.3 is 27.0 Å². The minimum Gasteiger partial charge on any atom is -0.350 e. The summed E-state index contributed by atoms with van der Waals surface area (Å²) < 4.78 is 0. The van der Waals surface area contributed by atoms with Crippen LogP contribution < -0.4 is 22.1 Å². The molecule has 52 heavy (non-hydrogen) atoms. The lowest BCUT2D eigenvalue weighted by Gasteiger charge is -2.57. The third-order valence-electron chi connectivity index (χ3n) is 12.1. The molecule has 4 aliphatic rings. The molecule has 274 valence electrons. The maximum Gasteiger partial charge on any atom is 0.239 e. The Morgan fingerprint density at radius 3 is 2.02 bits per heavy atom. The summed E-state index contributed by atoms with van der Waals surface area (Å²) in [5.74, 6) is 1.72. The zero-order chi connectivity index (χ0) is 36.1. The van der Waals surface area contributed by atoms with E-state index in [1.165, 1.54) is 19.3 Å². The second kappa shape index (κ2) is 16.2. The molecule has 0 saturated heterocycles. The van der Waals surface area contributed by atoms with Crippen LogP contribution in [0, 0.1) is 23.2 Å². The van der Waals surface area contributed by atoms with E-state index < -0.39 is 12.1 Å². The zero-order valence-corrected chi connectivity index (χ0v) is 30.4. The fourth-order valence-corrected chi connectivity index (χ4v) is 10.2. The standard InChI is InChI=1S/C44H55N5O3/c45-17-9-8-16-40(46)43(52)48-36(21-30-10-2-1-3-11-30)28-49(42(51)26-44-23-31-18-32(24-44)20-33(19-31)25-44)29-41(50)47-27-39-37-14-6-4-12-34(37)22-35-13-5-7-15-38(35)39/h1-7,10-15,22,31-33,36,40H,8-9,16-21,23-29,45-46H2,(H,47,50)(H,48,52)/t31?,32?,33?,36-,40-,44?/m0/s1. The minimum atomic E-state index is -0.667. The molecule has 4 aromatic carbocycles. The van der Waals surface area contributed by atoms with E-state index in [1.807, 2.05) is 54.6 Å². The van der Waals surface area contributed by atoms with Crippen molar-refractivity contribution >= 4 is 39.3 Å². The normalized spacial score (nSPS) is 23.0. The van der Waals surface area contributed by atoms with Crippen molar-refractivity contribution in [1.82, 2.24) is 15.5 Å². The third kappa shape index (κ3) is 8.50. The Morgan fingerprint density at radius 1 is 0.808 bits per heavy atom. The summed E-state index contributed by atoms with van der Waals surface area (Å²) in [5.41, 5.74) is 14.2. The van der Waals surface area contributed by atoms with Gasteiger partial charge in [-0.3, -0.25) is 14.4 Å². The molecule has 0 spiro atoms. The largest absolute Gasteiger partial charge is 0.350 e. The van der Waals surface area contributed by atoms with Crippen LogP contribution in [0.4, 0.5) is 0 Å². The highest BCUT2D eigenvalue weighted by molar-refractivity contribution is 6.02. The number of unbranched alkanes of at least 4 members (excludes halogenated alkanes) is 1. The molecule has 0 aromatic heterocycles. The number of carbonyl (C=O) groups is 3. The maximum absolute atomic E-state index is 14.6. The monoisotopic (exact) mass is 701 g/mol. The van der Waals surface area contributed by atoms with Crippen LogP contribution in [0.1, 0.15) is 75.3 Å². The Bertz CT molecular complexity index is 1790. The fourth-order valence-electron chi connectivity index (χ4n) is 10.2. The third-order valence-corrected chi connectivity index (χ3v) is 12.1. The molecule has 6 N–H and O–H groups in total. The molecule has 4 fully saturated rings. The summed E-state index contributed by atoms with van der Waals surface area (Å²) in [4.78, 5) is 43.7. The van der Waals surface area contributed by atoms with Gasteiger partial charge in [0.2, 0.25) is 17.7 Å². The van der Waals surface area contributed by atoms with Gasteiger partial charge in [-0.15, -0.1) is 0 Å². The van der Waals surface area contributed by atoms with E-state index in [-0.39, 0.29) is 36.2 Å². The smallest absolute Gasteiger partial charge is 0.239 e. The average molecular weight is 702 g/mol. The van der Waals surface area contributed by atoms with E-state index in [1.54, 1.807) is 4.90 Å². The van der Waals surface area contributed by atoms with E-state index in [0.717, 1.165) is 82.5 Å². The van der Waals surface area contributed by atoms with E-state index in [2.05, 4.69) is 41.0 Å². The number of hydrogen-bond donors (Lipinski definition) is 4. The lowest BCUT2D eigenvalue weighted by molar-refractivity contribution is -0.143. The van der Waals surface area contributed by atoms with Gasteiger partial charge in [-0.05, 0) is 126 Å². The Hall–Kier alpha value is -4.27. The lowest BCUT2D eigenvalue weighted by atomic mass is 9.49. The van der Waals surface area contributed by atoms with E-state index in [4.69, 9.17) is 11.5 Å². The number of nitrogens with two attached hydrogens (primary N) is 2. The summed E-state index contributed by atoms with van der Waals surface area (Å²) in [7, 11) is 0. The van der Waals surface area contributed by atoms with Crippen molar-refractivity contribution < 1.29 is 14.4 Å². The molecule has 0 heterocycles. The molecule has 4 aliphatic carbocycles. The molecule has 8 rings (SSSR count). The van der Waals surface area contributed by atoms with Crippen LogP contribution in [0.25, 0.3) is 21.5 Å². The van der Waals surface area contributed by atoms with Crippen molar-refractivity contribution in [2.24, 2.45) is 34.6 Å². The molecule has 0 radical (unpaired) electrons. The number of rotatable bonds is 16. The average Bonchev–Trinajstić information content (AvgIpc) is 3.12. The molecule has 3 amide bonds. The van der Waals surface area contributed by atoms with Crippen molar-refractivity contribution in [3.05, 3.63) is 96.1 Å². The van der Waals surface area contributed by atoms with Gasteiger partial charge in [0.1, 0.15) is 0 Å². The zero-order valence-electron chi connectivity index (χ0n) is 30.4. The topological polar surface area (TPSA) is 131 Å². The van der Waals surface area contributed by atoms with Crippen molar-refractivity contribution in [2.75, 3.05) is 19.6 Å². The number of hydrogen-bond acceptors (Lipinski definition) is 5. The molecule has 0 unspecified atom stereocenters. The number of nitrogens with one attached hydrogen (secondary N) is 2. The number of amides is 3. The van der Waals surface area contributed by atoms with E-state index in [0.29, 0.717) is 32.4 Å². The lowest BCUT2D eigenvalue weighted by Crippen LogP contribution is -2.54. The highest BCUT2D eigenvalue weighted by atomic mass is 16.2. The second-order valence-electron chi connectivity index (χ2n) is 16.2. The van der Waals surface area contributed by atoms with Crippen molar-refractivity contribution in [3.63, 3.8) is 0 Å². The molecular formula is C44H55N5O3. The predicted octanol–water partition coefficient (Wildman–Crippen LogP) is 6.23. The van der Waals surface area contributed by atoms with Gasteiger partial charge in [0.15, 0.2) is 0 Å². The molecule has 8 heteroatoms. The first-order valence-corrected chi connectivity index (χ1v) is 19.5. The van der Waals surface area contributed by atoms with Gasteiger partial charge in [-0.25, -0.2) is 0 Å². The first-order chi connectivity index (χ1) is 25.3. The molecule has 8 nitrogen and oxygen atoms in total. The summed E-state index contributed by atoms with van der Waals surface area (Å²) in [6, 6.07) is 27.6. The number of benzene rings is 4. The van der Waals surface area contributed by atoms with Crippen molar-refractivity contribution in [1.29, 1.82) is 0 Å². The number of fused-ring (bicyclic) bond motifs is 2. The number of nitrogens with zero attached hydrogens (tertiary/aromatic N) is 1. The molecule has 2 atom stereocenters. The quantitative estimate of drug-likeness (QED) is 0.0814. The van der Waals surface area contributed by atoms with E-state index in [9.17, 15) is 14.4 Å². The van der Waals surface area contributed by atoms with Crippen LogP contribution in [-0.2, 0) is 27.3 Å². The van der Waals surface area contributed by atoms with Crippen LogP contribution in [0.2, 0.25) is 0 Å². The van der Waals surface area contributed by atoms with Gasteiger partial charge >= 0.3 is 0 Å². The van der Waals surface area contributed by atoms with Crippen molar-refractivity contribution in [3.8, 4) is 0 Å². The molecule has 0 aliphatic heterocycles. The molecular weight excluding hydrogens is 647 g/mol. The second-order valence-corrected chi connectivity index (χ2v) is 16.2. The summed E-state index contributed by atoms with van der Waals surface area (Å²) in [5, 5.41) is 10.8. The molecule has 4 bridgehead atoms. The van der Waals surface area contributed by atoms with Gasteiger partial charge in [0, 0.05) is 19.5 Å². The maximum atomic E-state index is 14.6. The summed E-state index contributed by atoms with van der Waals surface area (Å²) in [6.07, 6.45) is 10.4. The van der Waals surface area contributed by atoms with Crippen LogP contribution in [-0.4, -0.2) is 54.3 Å². The fraction of sp³-hybridized carbons (Fsp3) is 0.477. The van der Waals surface area contributed by atoms with Crippen LogP contribution in [0.5, 0.6) is 0 Å². The first-order valence-electron chi connectivity index (χ1n) is 19.5. The first kappa shape index (κ1) is 36.1. The van der Waals surface area contributed by atoms with Gasteiger partial charge in [0.25, 0.3) is 0 Å². The summed E-state index contributed by atoms with van der Waals surface area (Å²) in [6.45, 7) is 1.06. The Kier molecular flexibility index (Phi) is 11.2. The summed E-state index contributed by atoms with van der Waals surface area (Å²) >= 11 is 0. The Morgan fingerprint density at radius 2 is 1.40 bits per heavy atom. The predicted molar refractivity (Wildman–Crippen MR) is 208 cm³/mol. The highest BCUT2D eigenvalue weighted by Crippen LogP contribution is 2.61. The Labute approximate surface area is 308 Å². The SMILES string of the molecule is NCCCC[C@H](N)C(=O)N[C@@H](Cc1ccccc1)CN(CC(=O)NCc1c2ccccc2cc2ccccc12)C(=O)CC12CC3CC(CC(C3)C1)C2. The molecule has 4 saturated carbocycles. The van der Waals surface area contributed by atoms with Crippen molar-refractivity contribution in [2.45, 2.75) is 89.3 Å². The van der Waals surface area contributed by atoms with Crippen LogP contribution in [0.15, 0.2) is 84.9 Å². The Balaban J connectivity index is 1.12. The van der Waals surface area contributed by atoms with Crippen LogP contribution in [0.3, 0.4) is 0 Å². The van der Waals surface area contributed by atoms with Crippen LogP contribution >= 0.6 is 0 Å². The van der Waals surface area contributed by atoms with Gasteiger partial charge in [-0.2, -0.15) is 0 Å². The highest BCUT2D eigenvalue weighted by Gasteiger charge is 2.52. The number of carbonyl (C=O) groups excluding carboxylic acids is 3.